The standard InChI is InChI=1S/C16H22FN3O/c1-4-7-20-11-19-9-14(20)10-21-16-6-5-13(8-15(16)17)12(2)18-3/h5-6,8-9,11-12,18H,4,7,10H2,1-3H3. The first-order chi connectivity index (χ1) is 10.2. The van der Waals surface area contributed by atoms with Gasteiger partial charge in [-0.05, 0) is 38.1 Å². The van der Waals surface area contributed by atoms with Gasteiger partial charge in [0.1, 0.15) is 6.61 Å². The lowest BCUT2D eigenvalue weighted by Gasteiger charge is -2.13. The van der Waals surface area contributed by atoms with Gasteiger partial charge in [0.05, 0.1) is 18.2 Å². The molecule has 1 atom stereocenters. The summed E-state index contributed by atoms with van der Waals surface area (Å²) in [6.45, 7) is 5.29. The molecule has 0 fully saturated rings. The highest BCUT2D eigenvalue weighted by Crippen LogP contribution is 2.22. The summed E-state index contributed by atoms with van der Waals surface area (Å²) in [7, 11) is 1.85. The zero-order valence-electron chi connectivity index (χ0n) is 12.8. The molecule has 0 spiro atoms. The predicted molar refractivity (Wildman–Crippen MR) is 80.7 cm³/mol. The van der Waals surface area contributed by atoms with Gasteiger partial charge in [0.25, 0.3) is 0 Å². The number of imidazole rings is 1. The molecule has 5 heteroatoms. The van der Waals surface area contributed by atoms with E-state index in [9.17, 15) is 4.39 Å². The number of ether oxygens (including phenoxy) is 1. The summed E-state index contributed by atoms with van der Waals surface area (Å²) in [5.74, 6) is -0.0672. The Morgan fingerprint density at radius 3 is 2.90 bits per heavy atom. The zero-order chi connectivity index (χ0) is 15.2. The number of rotatable bonds is 7. The van der Waals surface area contributed by atoms with Crippen LogP contribution in [0, 0.1) is 5.82 Å². The van der Waals surface area contributed by atoms with Crippen molar-refractivity contribution in [3.8, 4) is 5.75 Å². The van der Waals surface area contributed by atoms with Crippen molar-refractivity contribution in [1.29, 1.82) is 0 Å². The summed E-state index contributed by atoms with van der Waals surface area (Å²) in [5, 5.41) is 3.08. The number of aryl methyl sites for hydroxylation is 1. The van der Waals surface area contributed by atoms with Crippen molar-refractivity contribution in [2.24, 2.45) is 0 Å². The van der Waals surface area contributed by atoms with Crippen LogP contribution in [0.5, 0.6) is 5.75 Å². The molecule has 2 rings (SSSR count). The molecular formula is C16H22FN3O. The first-order valence-electron chi connectivity index (χ1n) is 7.24. The summed E-state index contributed by atoms with van der Waals surface area (Å²) < 4.78 is 21.7. The summed E-state index contributed by atoms with van der Waals surface area (Å²) >= 11 is 0. The summed E-state index contributed by atoms with van der Waals surface area (Å²) in [4.78, 5) is 4.10. The van der Waals surface area contributed by atoms with Crippen molar-refractivity contribution in [1.82, 2.24) is 14.9 Å². The van der Waals surface area contributed by atoms with Crippen LogP contribution in [0.2, 0.25) is 0 Å². The van der Waals surface area contributed by atoms with Crippen molar-refractivity contribution >= 4 is 0 Å². The first kappa shape index (κ1) is 15.5. The van der Waals surface area contributed by atoms with Gasteiger partial charge in [0.15, 0.2) is 11.6 Å². The fraction of sp³-hybridized carbons (Fsp3) is 0.438. The molecule has 0 amide bonds. The molecule has 21 heavy (non-hydrogen) atoms. The van der Waals surface area contributed by atoms with Gasteiger partial charge in [-0.3, -0.25) is 0 Å². The number of hydrogen-bond acceptors (Lipinski definition) is 3. The van der Waals surface area contributed by atoms with Crippen molar-refractivity contribution in [2.45, 2.75) is 39.5 Å². The topological polar surface area (TPSA) is 39.1 Å². The first-order valence-corrected chi connectivity index (χ1v) is 7.24. The third kappa shape index (κ3) is 3.82. The van der Waals surface area contributed by atoms with Crippen LogP contribution >= 0.6 is 0 Å². The van der Waals surface area contributed by atoms with E-state index in [1.165, 1.54) is 6.07 Å². The molecule has 1 unspecified atom stereocenters. The van der Waals surface area contributed by atoms with Gasteiger partial charge in [-0.2, -0.15) is 0 Å². The van der Waals surface area contributed by atoms with Gasteiger partial charge < -0.3 is 14.6 Å². The summed E-state index contributed by atoms with van der Waals surface area (Å²) in [6, 6.07) is 5.18. The van der Waals surface area contributed by atoms with Gasteiger partial charge in [-0.1, -0.05) is 13.0 Å². The van der Waals surface area contributed by atoms with Crippen molar-refractivity contribution in [3.63, 3.8) is 0 Å². The van der Waals surface area contributed by atoms with Crippen molar-refractivity contribution in [3.05, 3.63) is 47.8 Å². The minimum absolute atomic E-state index is 0.111. The van der Waals surface area contributed by atoms with Crippen LogP contribution in [0.4, 0.5) is 4.39 Å². The lowest BCUT2D eigenvalue weighted by molar-refractivity contribution is 0.280. The van der Waals surface area contributed by atoms with Gasteiger partial charge in [-0.15, -0.1) is 0 Å². The van der Waals surface area contributed by atoms with E-state index in [1.807, 2.05) is 24.6 Å². The lowest BCUT2D eigenvalue weighted by atomic mass is 10.1. The van der Waals surface area contributed by atoms with Crippen LogP contribution in [-0.2, 0) is 13.2 Å². The van der Waals surface area contributed by atoms with E-state index in [0.29, 0.717) is 6.61 Å². The lowest BCUT2D eigenvalue weighted by Crippen LogP contribution is -2.12. The molecule has 114 valence electrons. The molecule has 0 bridgehead atoms. The molecular weight excluding hydrogens is 269 g/mol. The Morgan fingerprint density at radius 1 is 1.43 bits per heavy atom. The van der Waals surface area contributed by atoms with Crippen LogP contribution in [-0.4, -0.2) is 16.6 Å². The monoisotopic (exact) mass is 291 g/mol. The molecule has 0 radical (unpaired) electrons. The number of nitrogens with zero attached hydrogens (tertiary/aromatic N) is 2. The molecule has 0 saturated heterocycles. The Morgan fingerprint density at radius 2 is 2.24 bits per heavy atom. The number of aromatic nitrogens is 2. The molecule has 1 aromatic carbocycles. The quantitative estimate of drug-likeness (QED) is 0.851. The zero-order valence-corrected chi connectivity index (χ0v) is 12.8. The average molecular weight is 291 g/mol. The molecule has 1 aromatic heterocycles. The molecule has 2 aromatic rings. The highest BCUT2D eigenvalue weighted by molar-refractivity contribution is 5.31. The average Bonchev–Trinajstić information content (AvgIpc) is 2.93. The Bertz CT molecular complexity index is 583. The fourth-order valence-corrected chi connectivity index (χ4v) is 2.13. The van der Waals surface area contributed by atoms with E-state index in [0.717, 1.165) is 24.2 Å². The summed E-state index contributed by atoms with van der Waals surface area (Å²) in [5.41, 5.74) is 1.85. The van der Waals surface area contributed by atoms with Crippen LogP contribution in [0.3, 0.4) is 0 Å². The molecule has 0 saturated carbocycles. The van der Waals surface area contributed by atoms with E-state index in [4.69, 9.17) is 4.74 Å². The third-order valence-electron chi connectivity index (χ3n) is 3.53. The highest BCUT2D eigenvalue weighted by atomic mass is 19.1. The maximum atomic E-state index is 14.0. The number of nitrogens with one attached hydrogen (secondary N) is 1. The SMILES string of the molecule is CCCn1cncc1COc1ccc(C(C)NC)cc1F. The predicted octanol–water partition coefficient (Wildman–Crippen LogP) is 3.29. The van der Waals surface area contributed by atoms with E-state index in [1.54, 1.807) is 18.6 Å². The number of halogens is 1. The highest BCUT2D eigenvalue weighted by Gasteiger charge is 2.10. The fourth-order valence-electron chi connectivity index (χ4n) is 2.13. The minimum Gasteiger partial charge on any atom is -0.484 e. The maximum Gasteiger partial charge on any atom is 0.165 e. The third-order valence-corrected chi connectivity index (χ3v) is 3.53. The number of hydrogen-bond donors (Lipinski definition) is 1. The second-order valence-electron chi connectivity index (χ2n) is 5.07. The van der Waals surface area contributed by atoms with Gasteiger partial charge in [0.2, 0.25) is 0 Å². The molecule has 0 aliphatic carbocycles. The molecule has 1 heterocycles. The van der Waals surface area contributed by atoms with E-state index in [2.05, 4.69) is 17.2 Å². The molecule has 4 nitrogen and oxygen atoms in total. The minimum atomic E-state index is -0.337. The van der Waals surface area contributed by atoms with Crippen molar-refractivity contribution < 1.29 is 9.13 Å². The number of benzene rings is 1. The second kappa shape index (κ2) is 7.22. The van der Waals surface area contributed by atoms with Gasteiger partial charge in [0, 0.05) is 12.6 Å². The van der Waals surface area contributed by atoms with Crippen LogP contribution < -0.4 is 10.1 Å². The Balaban J connectivity index is 2.04. The van der Waals surface area contributed by atoms with Crippen LogP contribution in [0.25, 0.3) is 0 Å². The van der Waals surface area contributed by atoms with Crippen molar-refractivity contribution in [2.75, 3.05) is 7.05 Å². The molecule has 0 aliphatic heterocycles. The molecule has 0 aliphatic rings. The van der Waals surface area contributed by atoms with E-state index in [-0.39, 0.29) is 17.6 Å². The second-order valence-corrected chi connectivity index (χ2v) is 5.07. The van der Waals surface area contributed by atoms with E-state index < -0.39 is 0 Å². The van der Waals surface area contributed by atoms with Gasteiger partial charge >= 0.3 is 0 Å². The molecule has 1 N–H and O–H groups in total. The van der Waals surface area contributed by atoms with Gasteiger partial charge in [-0.25, -0.2) is 9.37 Å². The Labute approximate surface area is 125 Å². The smallest absolute Gasteiger partial charge is 0.165 e. The largest absolute Gasteiger partial charge is 0.484 e. The Kier molecular flexibility index (Phi) is 5.33. The van der Waals surface area contributed by atoms with E-state index >= 15 is 0 Å². The van der Waals surface area contributed by atoms with Crippen LogP contribution in [0.1, 0.15) is 37.6 Å². The Hall–Kier alpha value is -1.88. The normalized spacial score (nSPS) is 12.4. The summed E-state index contributed by atoms with van der Waals surface area (Å²) in [6.07, 6.45) is 4.55. The maximum absolute atomic E-state index is 14.0. The van der Waals surface area contributed by atoms with Crippen LogP contribution in [0.15, 0.2) is 30.7 Å².